The highest BCUT2D eigenvalue weighted by Gasteiger charge is 2.20. The molecule has 0 saturated heterocycles. The third-order valence-corrected chi connectivity index (χ3v) is 8.80. The lowest BCUT2D eigenvalue weighted by Gasteiger charge is -2.13. The molecule has 9 rings (SSSR count). The van der Waals surface area contributed by atoms with Crippen LogP contribution in [0.2, 0.25) is 0 Å². The number of rotatable bonds is 4. The van der Waals surface area contributed by atoms with Gasteiger partial charge in [0.15, 0.2) is 0 Å². The van der Waals surface area contributed by atoms with Crippen LogP contribution >= 0.6 is 0 Å². The summed E-state index contributed by atoms with van der Waals surface area (Å²) in [7, 11) is 0. The molecule has 2 aromatic heterocycles. The van der Waals surface area contributed by atoms with Gasteiger partial charge in [0.25, 0.3) is 0 Å². The lowest BCUT2D eigenvalue weighted by molar-refractivity contribution is 1.01. The third kappa shape index (κ3) is 4.21. The molecule has 45 heavy (non-hydrogen) atoms. The Morgan fingerprint density at radius 2 is 1.00 bits per heavy atom. The highest BCUT2D eigenvalue weighted by atomic mass is 15.2. The normalized spacial score (nSPS) is 11.6. The smallest absolute Gasteiger partial charge is 0.235 e. The lowest BCUT2D eigenvalue weighted by atomic mass is 10.0. The molecule has 7 aromatic carbocycles. The minimum absolute atomic E-state index is 0.661. The second-order valence-corrected chi connectivity index (χ2v) is 11.5. The molecule has 0 spiro atoms. The highest BCUT2D eigenvalue weighted by Crippen LogP contribution is 2.39. The summed E-state index contributed by atoms with van der Waals surface area (Å²) in [6.07, 6.45) is 0. The molecule has 0 aliphatic carbocycles. The molecular formula is C42H27N3. The monoisotopic (exact) mass is 573 g/mol. The van der Waals surface area contributed by atoms with Crippen LogP contribution in [0.4, 0.5) is 0 Å². The SMILES string of the molecule is c1ccc(-c2ccc3nc(-n4c5cc(-c6ccccc6)ccc5c5c6ccccc6ccc54)nc(-c4ccccc4)c3c2)cc1. The zero-order valence-electron chi connectivity index (χ0n) is 24.4. The van der Waals surface area contributed by atoms with Gasteiger partial charge in [-0.15, -0.1) is 0 Å². The molecule has 0 unspecified atom stereocenters. The zero-order chi connectivity index (χ0) is 29.7. The topological polar surface area (TPSA) is 30.7 Å². The summed E-state index contributed by atoms with van der Waals surface area (Å²) in [5.41, 5.74) is 9.73. The van der Waals surface area contributed by atoms with Crippen molar-refractivity contribution in [1.82, 2.24) is 14.5 Å². The Kier molecular flexibility index (Phi) is 5.82. The average molecular weight is 574 g/mol. The van der Waals surface area contributed by atoms with Gasteiger partial charge in [0.2, 0.25) is 5.95 Å². The van der Waals surface area contributed by atoms with Crippen LogP contribution in [0.1, 0.15) is 0 Å². The fraction of sp³-hybridized carbons (Fsp3) is 0. The van der Waals surface area contributed by atoms with Gasteiger partial charge >= 0.3 is 0 Å². The van der Waals surface area contributed by atoms with Crippen LogP contribution < -0.4 is 0 Å². The van der Waals surface area contributed by atoms with Crippen LogP contribution in [0.5, 0.6) is 0 Å². The van der Waals surface area contributed by atoms with Gasteiger partial charge in [0.1, 0.15) is 0 Å². The van der Waals surface area contributed by atoms with Gasteiger partial charge in [-0.3, -0.25) is 4.57 Å². The molecule has 0 bridgehead atoms. The molecule has 210 valence electrons. The molecule has 9 aromatic rings. The zero-order valence-corrected chi connectivity index (χ0v) is 24.4. The second kappa shape index (κ2) is 10.3. The van der Waals surface area contributed by atoms with E-state index in [9.17, 15) is 0 Å². The first kappa shape index (κ1) is 25.4. The first-order valence-electron chi connectivity index (χ1n) is 15.3. The largest absolute Gasteiger partial charge is 0.278 e. The van der Waals surface area contributed by atoms with Crippen LogP contribution in [-0.4, -0.2) is 14.5 Å². The first-order chi connectivity index (χ1) is 22.3. The minimum atomic E-state index is 0.661. The summed E-state index contributed by atoms with van der Waals surface area (Å²) in [5, 5.41) is 5.87. The van der Waals surface area contributed by atoms with E-state index in [1.807, 2.05) is 12.1 Å². The van der Waals surface area contributed by atoms with Crippen molar-refractivity contribution in [2.24, 2.45) is 0 Å². The van der Waals surface area contributed by atoms with E-state index >= 15 is 0 Å². The van der Waals surface area contributed by atoms with Crippen molar-refractivity contribution >= 4 is 43.5 Å². The third-order valence-electron chi connectivity index (χ3n) is 8.80. The van der Waals surface area contributed by atoms with E-state index in [1.165, 1.54) is 32.7 Å². The summed E-state index contributed by atoms with van der Waals surface area (Å²) in [5.74, 6) is 0.661. The molecule has 0 amide bonds. The molecule has 0 aliphatic heterocycles. The molecule has 0 N–H and O–H groups in total. The van der Waals surface area contributed by atoms with Crippen LogP contribution in [0.25, 0.3) is 82.9 Å². The Labute approximate surface area is 260 Å². The van der Waals surface area contributed by atoms with Crippen LogP contribution in [0.15, 0.2) is 164 Å². The summed E-state index contributed by atoms with van der Waals surface area (Å²) in [6, 6.07) is 57.8. The van der Waals surface area contributed by atoms with E-state index < -0.39 is 0 Å². The quantitative estimate of drug-likeness (QED) is 0.210. The molecule has 3 nitrogen and oxygen atoms in total. The number of nitrogens with zero attached hydrogens (tertiary/aromatic N) is 3. The number of fused-ring (bicyclic) bond motifs is 6. The number of benzene rings is 7. The predicted molar refractivity (Wildman–Crippen MR) is 188 cm³/mol. The van der Waals surface area contributed by atoms with Crippen LogP contribution in [0.3, 0.4) is 0 Å². The van der Waals surface area contributed by atoms with Crippen LogP contribution in [0, 0.1) is 0 Å². The molecule has 0 aliphatic rings. The van der Waals surface area contributed by atoms with E-state index in [0.717, 1.165) is 44.3 Å². The van der Waals surface area contributed by atoms with E-state index in [-0.39, 0.29) is 0 Å². The van der Waals surface area contributed by atoms with Crippen molar-refractivity contribution in [1.29, 1.82) is 0 Å². The van der Waals surface area contributed by atoms with Gasteiger partial charge in [-0.1, -0.05) is 140 Å². The Morgan fingerprint density at radius 3 is 1.73 bits per heavy atom. The molecule has 0 atom stereocenters. The summed E-state index contributed by atoms with van der Waals surface area (Å²) in [4.78, 5) is 10.7. The maximum absolute atomic E-state index is 5.38. The van der Waals surface area contributed by atoms with Crippen molar-refractivity contribution in [2.45, 2.75) is 0 Å². The minimum Gasteiger partial charge on any atom is -0.278 e. The maximum Gasteiger partial charge on any atom is 0.235 e. The van der Waals surface area contributed by atoms with Crippen LogP contribution in [-0.2, 0) is 0 Å². The second-order valence-electron chi connectivity index (χ2n) is 11.5. The molecular weight excluding hydrogens is 546 g/mol. The molecule has 0 saturated carbocycles. The van der Waals surface area contributed by atoms with E-state index in [2.05, 4.69) is 156 Å². The molecule has 0 fully saturated rings. The van der Waals surface area contributed by atoms with Crippen molar-refractivity contribution in [2.75, 3.05) is 0 Å². The van der Waals surface area contributed by atoms with Crippen molar-refractivity contribution in [3.63, 3.8) is 0 Å². The summed E-state index contributed by atoms with van der Waals surface area (Å²) < 4.78 is 2.25. The number of hydrogen-bond donors (Lipinski definition) is 0. The van der Waals surface area contributed by atoms with Gasteiger partial charge in [0.05, 0.1) is 22.2 Å². The molecule has 0 radical (unpaired) electrons. The predicted octanol–water partition coefficient (Wildman–Crippen LogP) is 10.9. The Hall–Kier alpha value is -6.06. The fourth-order valence-electron chi connectivity index (χ4n) is 6.66. The number of hydrogen-bond acceptors (Lipinski definition) is 2. The number of aromatic nitrogens is 3. The Balaban J connectivity index is 1.38. The summed E-state index contributed by atoms with van der Waals surface area (Å²) >= 11 is 0. The first-order valence-corrected chi connectivity index (χ1v) is 15.3. The maximum atomic E-state index is 5.38. The Bertz CT molecular complexity index is 2510. The molecule has 2 heterocycles. The van der Waals surface area contributed by atoms with E-state index in [4.69, 9.17) is 9.97 Å². The van der Waals surface area contributed by atoms with Crippen molar-refractivity contribution in [3.8, 4) is 39.5 Å². The van der Waals surface area contributed by atoms with E-state index in [0.29, 0.717) is 5.95 Å². The van der Waals surface area contributed by atoms with Gasteiger partial charge in [-0.05, 0) is 57.3 Å². The van der Waals surface area contributed by atoms with E-state index in [1.54, 1.807) is 0 Å². The summed E-state index contributed by atoms with van der Waals surface area (Å²) in [6.45, 7) is 0. The lowest BCUT2D eigenvalue weighted by Crippen LogP contribution is -2.03. The van der Waals surface area contributed by atoms with Gasteiger partial charge in [-0.25, -0.2) is 9.97 Å². The van der Waals surface area contributed by atoms with Gasteiger partial charge in [0, 0.05) is 21.7 Å². The standard InChI is InChI=1S/C42H27N3/c1-4-12-28(13-5-1)32-21-24-37-36(26-32)41(31-17-8-3-9-18-31)44-42(43-37)45-38-25-22-30-16-10-11-19-34(30)40(38)35-23-20-33(27-39(35)45)29-14-6-2-7-15-29/h1-27H. The average Bonchev–Trinajstić information content (AvgIpc) is 3.46. The van der Waals surface area contributed by atoms with Gasteiger partial charge in [-0.2, -0.15) is 0 Å². The van der Waals surface area contributed by atoms with Gasteiger partial charge < -0.3 is 0 Å². The molecule has 3 heteroatoms. The fourth-order valence-corrected chi connectivity index (χ4v) is 6.66. The van der Waals surface area contributed by atoms with Crippen molar-refractivity contribution in [3.05, 3.63) is 164 Å². The highest BCUT2D eigenvalue weighted by molar-refractivity contribution is 6.21. The Morgan fingerprint density at radius 1 is 0.378 bits per heavy atom. The van der Waals surface area contributed by atoms with Crippen molar-refractivity contribution < 1.29 is 0 Å².